The fraction of sp³-hybridized carbons (Fsp3) is 0.125. The Hall–Kier alpha value is -5.44. The summed E-state index contributed by atoms with van der Waals surface area (Å²) in [5, 5.41) is 8.09. The summed E-state index contributed by atoms with van der Waals surface area (Å²) < 4.78 is 2.73. The zero-order chi connectivity index (χ0) is 33.5. The third kappa shape index (κ3) is 3.57. The highest BCUT2D eigenvalue weighted by atomic mass is 32.1. The van der Waals surface area contributed by atoms with E-state index in [2.05, 4.69) is 172 Å². The average Bonchev–Trinajstić information content (AvgIpc) is 3.72. The lowest BCUT2D eigenvalue weighted by Gasteiger charge is -2.30. The fourth-order valence-corrected chi connectivity index (χ4v) is 10.7. The van der Waals surface area contributed by atoms with Gasteiger partial charge in [-0.2, -0.15) is 0 Å². The van der Waals surface area contributed by atoms with E-state index in [0.717, 1.165) is 0 Å². The Bertz CT molecular complexity index is 2780. The van der Waals surface area contributed by atoms with E-state index in [1.54, 1.807) is 0 Å². The number of thiophene rings is 1. The second-order valence-corrected chi connectivity index (χ2v) is 16.4. The molecule has 2 heteroatoms. The molecule has 0 aliphatic heterocycles. The summed E-state index contributed by atoms with van der Waals surface area (Å²) in [4.78, 5) is 2.50. The van der Waals surface area contributed by atoms with Crippen LogP contribution in [0.5, 0.6) is 0 Å². The van der Waals surface area contributed by atoms with Crippen LogP contribution in [0.2, 0.25) is 0 Å². The lowest BCUT2D eigenvalue weighted by Crippen LogP contribution is -2.18. The fourth-order valence-electron chi connectivity index (χ4n) is 9.55. The molecule has 0 N–H and O–H groups in total. The van der Waals surface area contributed by atoms with Gasteiger partial charge in [-0.05, 0) is 115 Å². The van der Waals surface area contributed by atoms with Gasteiger partial charge in [0.15, 0.2) is 0 Å². The van der Waals surface area contributed by atoms with Crippen LogP contribution in [-0.4, -0.2) is 0 Å². The van der Waals surface area contributed by atoms with Crippen molar-refractivity contribution >= 4 is 70.1 Å². The van der Waals surface area contributed by atoms with Gasteiger partial charge in [0, 0.05) is 48.1 Å². The summed E-state index contributed by atoms with van der Waals surface area (Å²) in [7, 11) is 0. The SMILES string of the molecule is CC1(C)c2ccccc2-c2ccc(N(c3ccc4c(c3)C(C)(C)c3ccccc3-4)c3ccc4c(c3)c3cccc5sc6cccc4c6c53)cc21. The molecule has 0 unspecified atom stereocenters. The normalized spacial score (nSPS) is 15.1. The van der Waals surface area contributed by atoms with Gasteiger partial charge in [0.05, 0.1) is 0 Å². The topological polar surface area (TPSA) is 3.24 Å². The maximum absolute atomic E-state index is 2.50. The van der Waals surface area contributed by atoms with Gasteiger partial charge in [0.25, 0.3) is 0 Å². The lowest BCUT2D eigenvalue weighted by molar-refractivity contribution is 0.660. The van der Waals surface area contributed by atoms with Crippen molar-refractivity contribution in [3.8, 4) is 22.3 Å². The molecule has 1 nitrogen and oxygen atoms in total. The number of anilines is 3. The molecule has 2 aliphatic rings. The highest BCUT2D eigenvalue weighted by molar-refractivity contribution is 7.26. The number of fused-ring (bicyclic) bond motifs is 9. The number of hydrogen-bond acceptors (Lipinski definition) is 2. The third-order valence-corrected chi connectivity index (χ3v) is 13.1. The summed E-state index contributed by atoms with van der Waals surface area (Å²) >= 11 is 1.91. The molecule has 238 valence electrons. The Morgan fingerprint density at radius 1 is 0.380 bits per heavy atom. The van der Waals surface area contributed by atoms with E-state index in [1.807, 2.05) is 11.3 Å². The molecule has 1 heterocycles. The van der Waals surface area contributed by atoms with Crippen LogP contribution in [0.25, 0.3) is 64.0 Å². The van der Waals surface area contributed by atoms with E-state index in [4.69, 9.17) is 0 Å². The third-order valence-electron chi connectivity index (χ3n) is 12.0. The van der Waals surface area contributed by atoms with Gasteiger partial charge in [-0.1, -0.05) is 119 Å². The number of nitrogens with zero attached hydrogens (tertiary/aromatic N) is 1. The van der Waals surface area contributed by atoms with E-state index in [-0.39, 0.29) is 10.8 Å². The smallest absolute Gasteiger partial charge is 0.0468 e. The Kier molecular flexibility index (Phi) is 5.47. The van der Waals surface area contributed by atoms with Crippen molar-refractivity contribution in [1.82, 2.24) is 0 Å². The number of benzene rings is 8. The van der Waals surface area contributed by atoms with Crippen LogP contribution < -0.4 is 4.90 Å². The molecular formula is C48H35NS. The van der Waals surface area contributed by atoms with Crippen LogP contribution in [0.15, 0.2) is 140 Å². The molecule has 2 aliphatic carbocycles. The molecule has 0 saturated carbocycles. The molecule has 0 saturated heterocycles. The standard InChI is InChI=1S/C48H35NS/c1-47(2)39-15-7-5-11-32(39)34-23-20-29(26-41(34)47)49(30-21-24-35-33-12-6-8-16-40(33)48(3,4)42(35)27-30)28-19-22-31-36-13-9-17-43-45(36)46-37(38(31)25-28)14-10-18-44(46)50-43/h5-27H,1-4H3. The lowest BCUT2D eigenvalue weighted by atomic mass is 9.82. The van der Waals surface area contributed by atoms with E-state index in [0.29, 0.717) is 0 Å². The maximum atomic E-state index is 2.50. The van der Waals surface area contributed by atoms with Crippen LogP contribution in [0, 0.1) is 0 Å². The van der Waals surface area contributed by atoms with Crippen molar-refractivity contribution in [2.75, 3.05) is 4.90 Å². The predicted octanol–water partition coefficient (Wildman–Crippen LogP) is 13.9. The van der Waals surface area contributed by atoms with Crippen LogP contribution in [0.3, 0.4) is 0 Å². The van der Waals surface area contributed by atoms with Crippen LogP contribution in [0.1, 0.15) is 49.9 Å². The minimum Gasteiger partial charge on any atom is -0.310 e. The molecule has 1 aromatic heterocycles. The predicted molar refractivity (Wildman–Crippen MR) is 215 cm³/mol. The van der Waals surface area contributed by atoms with Gasteiger partial charge >= 0.3 is 0 Å². The second kappa shape index (κ2) is 9.62. The van der Waals surface area contributed by atoms with Crippen molar-refractivity contribution < 1.29 is 0 Å². The van der Waals surface area contributed by atoms with E-state index in [9.17, 15) is 0 Å². The molecule has 11 rings (SSSR count). The average molecular weight is 658 g/mol. The van der Waals surface area contributed by atoms with Crippen molar-refractivity contribution in [3.63, 3.8) is 0 Å². The molecular weight excluding hydrogens is 623 g/mol. The van der Waals surface area contributed by atoms with E-state index < -0.39 is 0 Å². The Morgan fingerprint density at radius 2 is 0.840 bits per heavy atom. The largest absolute Gasteiger partial charge is 0.310 e. The summed E-state index contributed by atoms with van der Waals surface area (Å²) in [6.45, 7) is 9.50. The summed E-state index contributed by atoms with van der Waals surface area (Å²) in [5.41, 5.74) is 14.3. The van der Waals surface area contributed by atoms with E-state index >= 15 is 0 Å². The van der Waals surface area contributed by atoms with Crippen LogP contribution in [-0.2, 0) is 10.8 Å². The Morgan fingerprint density at radius 3 is 1.40 bits per heavy atom. The zero-order valence-electron chi connectivity index (χ0n) is 28.6. The van der Waals surface area contributed by atoms with Gasteiger partial charge in [0.2, 0.25) is 0 Å². The Labute approximate surface area is 296 Å². The van der Waals surface area contributed by atoms with Crippen LogP contribution in [0.4, 0.5) is 17.1 Å². The molecule has 0 atom stereocenters. The van der Waals surface area contributed by atoms with Gasteiger partial charge in [-0.25, -0.2) is 0 Å². The first kappa shape index (κ1) is 28.4. The molecule has 0 radical (unpaired) electrons. The monoisotopic (exact) mass is 657 g/mol. The summed E-state index contributed by atoms with van der Waals surface area (Å²) in [6, 6.07) is 52.9. The molecule has 0 spiro atoms. The van der Waals surface area contributed by atoms with Crippen molar-refractivity contribution in [2.45, 2.75) is 38.5 Å². The van der Waals surface area contributed by atoms with Crippen molar-refractivity contribution in [3.05, 3.63) is 162 Å². The first-order chi connectivity index (χ1) is 24.3. The minimum atomic E-state index is -0.0886. The zero-order valence-corrected chi connectivity index (χ0v) is 29.5. The minimum absolute atomic E-state index is 0.0886. The van der Waals surface area contributed by atoms with Gasteiger partial charge < -0.3 is 4.90 Å². The summed E-state index contributed by atoms with van der Waals surface area (Å²) in [5.74, 6) is 0. The van der Waals surface area contributed by atoms with Gasteiger partial charge in [0.1, 0.15) is 0 Å². The van der Waals surface area contributed by atoms with E-state index in [1.165, 1.54) is 103 Å². The first-order valence-corrected chi connectivity index (χ1v) is 18.5. The number of hydrogen-bond donors (Lipinski definition) is 0. The second-order valence-electron chi connectivity index (χ2n) is 15.3. The maximum Gasteiger partial charge on any atom is 0.0468 e. The van der Waals surface area contributed by atoms with Crippen LogP contribution >= 0.6 is 11.3 Å². The van der Waals surface area contributed by atoms with Crippen molar-refractivity contribution in [1.29, 1.82) is 0 Å². The Balaban J connectivity index is 1.18. The highest BCUT2D eigenvalue weighted by Gasteiger charge is 2.37. The number of rotatable bonds is 3. The van der Waals surface area contributed by atoms with Gasteiger partial charge in [-0.3, -0.25) is 0 Å². The molecule has 0 amide bonds. The van der Waals surface area contributed by atoms with Crippen molar-refractivity contribution in [2.24, 2.45) is 0 Å². The quantitative estimate of drug-likeness (QED) is 0.171. The molecule has 0 bridgehead atoms. The molecule has 8 aromatic carbocycles. The first-order valence-electron chi connectivity index (χ1n) is 17.7. The molecule has 50 heavy (non-hydrogen) atoms. The molecule has 0 fully saturated rings. The molecule has 9 aromatic rings. The highest BCUT2D eigenvalue weighted by Crippen LogP contribution is 2.54. The van der Waals surface area contributed by atoms with Gasteiger partial charge in [-0.15, -0.1) is 11.3 Å². The summed E-state index contributed by atoms with van der Waals surface area (Å²) in [6.07, 6.45) is 0.